The molecule has 1 heterocycles. The predicted octanol–water partition coefficient (Wildman–Crippen LogP) is 3.86. The molecule has 1 heteroatoms. The van der Waals surface area contributed by atoms with Gasteiger partial charge in [0.05, 0.1) is 12.2 Å². The average molecular weight is 218 g/mol. The zero-order valence-corrected chi connectivity index (χ0v) is 10.0. The van der Waals surface area contributed by atoms with Gasteiger partial charge in [-0.2, -0.15) is 0 Å². The minimum absolute atomic E-state index is 0.297. The lowest BCUT2D eigenvalue weighted by atomic mass is 9.69. The Balaban J connectivity index is 1.89. The van der Waals surface area contributed by atoms with E-state index >= 15 is 0 Å². The van der Waals surface area contributed by atoms with Gasteiger partial charge >= 0.3 is 0 Å². The lowest BCUT2D eigenvalue weighted by Gasteiger charge is -2.46. The first kappa shape index (κ1) is 10.6. The summed E-state index contributed by atoms with van der Waals surface area (Å²) in [6, 6.07) is 0. The number of fused-ring (bicyclic) bond motifs is 3. The van der Waals surface area contributed by atoms with Crippen molar-refractivity contribution in [2.75, 3.05) is 0 Å². The summed E-state index contributed by atoms with van der Waals surface area (Å²) < 4.78 is 6.25. The quantitative estimate of drug-likeness (QED) is 0.607. The van der Waals surface area contributed by atoms with Gasteiger partial charge in [-0.3, -0.25) is 0 Å². The Morgan fingerprint density at radius 2 is 1.94 bits per heavy atom. The second-order valence-corrected chi connectivity index (χ2v) is 5.51. The predicted molar refractivity (Wildman–Crippen MR) is 66.2 cm³/mol. The smallest absolute Gasteiger partial charge is 0.0822 e. The molecule has 1 aliphatic heterocycles. The van der Waals surface area contributed by atoms with E-state index in [0.29, 0.717) is 18.1 Å². The number of ether oxygens (including phenoxy) is 1. The molecule has 0 radical (unpaired) electrons. The second-order valence-electron chi connectivity index (χ2n) is 5.51. The van der Waals surface area contributed by atoms with Gasteiger partial charge in [0.15, 0.2) is 0 Å². The minimum Gasteiger partial charge on any atom is -0.370 e. The molecule has 2 aliphatic carbocycles. The van der Waals surface area contributed by atoms with Crippen molar-refractivity contribution in [3.63, 3.8) is 0 Å². The minimum atomic E-state index is 0.297. The van der Waals surface area contributed by atoms with E-state index in [1.807, 2.05) is 6.08 Å². The fourth-order valence-electron chi connectivity index (χ4n) is 3.86. The van der Waals surface area contributed by atoms with Crippen molar-refractivity contribution in [3.05, 3.63) is 24.3 Å². The number of allylic oxidation sites excluding steroid dienone is 1. The van der Waals surface area contributed by atoms with Gasteiger partial charge in [0.2, 0.25) is 0 Å². The topological polar surface area (TPSA) is 9.23 Å². The molecule has 3 rings (SSSR count). The van der Waals surface area contributed by atoms with Crippen molar-refractivity contribution in [1.29, 1.82) is 0 Å². The van der Waals surface area contributed by atoms with Crippen molar-refractivity contribution < 1.29 is 4.74 Å². The van der Waals surface area contributed by atoms with Crippen molar-refractivity contribution in [3.8, 4) is 0 Å². The normalized spacial score (nSPS) is 42.9. The average Bonchev–Trinajstić information content (AvgIpc) is 2.38. The van der Waals surface area contributed by atoms with Crippen LogP contribution in [0.5, 0.6) is 0 Å². The second kappa shape index (κ2) is 4.37. The molecular formula is C15H22O. The number of hydrogen-bond acceptors (Lipinski definition) is 1. The first-order valence-electron chi connectivity index (χ1n) is 6.88. The van der Waals surface area contributed by atoms with Crippen LogP contribution in [0.25, 0.3) is 0 Å². The lowest BCUT2D eigenvalue weighted by molar-refractivity contribution is -0.0824. The molecule has 0 unspecified atom stereocenters. The Bertz CT molecular complexity index is 305. The van der Waals surface area contributed by atoms with E-state index in [1.165, 1.54) is 44.9 Å². The molecule has 1 saturated carbocycles. The molecular weight excluding hydrogens is 196 g/mol. The maximum atomic E-state index is 6.25. The van der Waals surface area contributed by atoms with E-state index in [-0.39, 0.29) is 0 Å². The standard InChI is InChI=1S/C15H22O/c1-2-14-12-8-4-3-7-11(12)13-9-5-6-10-15(13)16-14/h2,7,12-15H,1,3-6,8-10H2/t12-,13+,14+,15-/m1/s1. The van der Waals surface area contributed by atoms with Crippen LogP contribution in [0.3, 0.4) is 0 Å². The molecule has 0 N–H and O–H groups in total. The molecule has 0 aromatic heterocycles. The van der Waals surface area contributed by atoms with E-state index in [2.05, 4.69) is 12.7 Å². The van der Waals surface area contributed by atoms with Crippen LogP contribution in [0.15, 0.2) is 24.3 Å². The van der Waals surface area contributed by atoms with E-state index in [1.54, 1.807) is 5.57 Å². The van der Waals surface area contributed by atoms with Crippen LogP contribution in [0.1, 0.15) is 44.9 Å². The van der Waals surface area contributed by atoms with E-state index in [4.69, 9.17) is 4.74 Å². The summed E-state index contributed by atoms with van der Waals surface area (Å²) in [7, 11) is 0. The molecule has 1 saturated heterocycles. The van der Waals surface area contributed by atoms with Crippen LogP contribution < -0.4 is 0 Å². The highest BCUT2D eigenvalue weighted by Gasteiger charge is 2.41. The van der Waals surface area contributed by atoms with E-state index < -0.39 is 0 Å². The maximum absolute atomic E-state index is 6.25. The van der Waals surface area contributed by atoms with Crippen molar-refractivity contribution in [2.45, 2.75) is 57.2 Å². The van der Waals surface area contributed by atoms with Gasteiger partial charge in [-0.15, -0.1) is 6.58 Å². The molecule has 0 spiro atoms. The van der Waals surface area contributed by atoms with Crippen molar-refractivity contribution in [2.24, 2.45) is 11.8 Å². The molecule has 3 aliphatic rings. The van der Waals surface area contributed by atoms with E-state index in [0.717, 1.165) is 5.92 Å². The molecule has 0 bridgehead atoms. The zero-order chi connectivity index (χ0) is 11.0. The van der Waals surface area contributed by atoms with Gasteiger partial charge in [0.25, 0.3) is 0 Å². The SMILES string of the molecule is C=C[C@@H]1O[C@@H]2CCCC[C@H]2C2=CCCC[C@H]21. The largest absolute Gasteiger partial charge is 0.370 e. The molecule has 0 aromatic carbocycles. The third-order valence-electron chi connectivity index (χ3n) is 4.62. The van der Waals surface area contributed by atoms with Crippen LogP contribution in [0, 0.1) is 11.8 Å². The van der Waals surface area contributed by atoms with Crippen LogP contribution in [-0.4, -0.2) is 12.2 Å². The third kappa shape index (κ3) is 1.66. The summed E-state index contributed by atoms with van der Waals surface area (Å²) in [6.45, 7) is 3.96. The summed E-state index contributed by atoms with van der Waals surface area (Å²) in [4.78, 5) is 0. The molecule has 0 aromatic rings. The van der Waals surface area contributed by atoms with Gasteiger partial charge in [-0.1, -0.05) is 30.6 Å². The Hall–Kier alpha value is -0.560. The first-order valence-corrected chi connectivity index (χ1v) is 6.88. The van der Waals surface area contributed by atoms with Crippen LogP contribution in [0.2, 0.25) is 0 Å². The molecule has 88 valence electrons. The number of rotatable bonds is 1. The van der Waals surface area contributed by atoms with Crippen molar-refractivity contribution >= 4 is 0 Å². The van der Waals surface area contributed by atoms with Crippen LogP contribution >= 0.6 is 0 Å². The highest BCUT2D eigenvalue weighted by atomic mass is 16.5. The monoisotopic (exact) mass is 218 g/mol. The highest BCUT2D eigenvalue weighted by molar-refractivity contribution is 5.22. The van der Waals surface area contributed by atoms with Gasteiger partial charge in [0.1, 0.15) is 0 Å². The van der Waals surface area contributed by atoms with Gasteiger partial charge < -0.3 is 4.74 Å². The summed E-state index contributed by atoms with van der Waals surface area (Å²) in [6.07, 6.45) is 14.7. The molecule has 1 nitrogen and oxygen atoms in total. The molecule has 16 heavy (non-hydrogen) atoms. The van der Waals surface area contributed by atoms with Gasteiger partial charge in [0, 0.05) is 11.8 Å². The Kier molecular flexibility index (Phi) is 2.89. The summed E-state index contributed by atoms with van der Waals surface area (Å²) in [5, 5.41) is 0. The third-order valence-corrected chi connectivity index (χ3v) is 4.62. The van der Waals surface area contributed by atoms with Crippen LogP contribution in [-0.2, 0) is 4.74 Å². The molecule has 2 fully saturated rings. The fourth-order valence-corrected chi connectivity index (χ4v) is 3.86. The maximum Gasteiger partial charge on any atom is 0.0822 e. The zero-order valence-electron chi connectivity index (χ0n) is 10.0. The van der Waals surface area contributed by atoms with E-state index in [9.17, 15) is 0 Å². The van der Waals surface area contributed by atoms with Gasteiger partial charge in [-0.05, 0) is 32.1 Å². The first-order chi connectivity index (χ1) is 7.90. The number of hydrogen-bond donors (Lipinski definition) is 0. The Morgan fingerprint density at radius 3 is 2.81 bits per heavy atom. The summed E-state index contributed by atoms with van der Waals surface area (Å²) >= 11 is 0. The molecule has 4 atom stereocenters. The Morgan fingerprint density at radius 1 is 1.12 bits per heavy atom. The lowest BCUT2D eigenvalue weighted by Crippen LogP contribution is -2.44. The van der Waals surface area contributed by atoms with Crippen molar-refractivity contribution in [1.82, 2.24) is 0 Å². The highest BCUT2D eigenvalue weighted by Crippen LogP contribution is 2.46. The Labute approximate surface area is 98.6 Å². The molecule has 0 amide bonds. The summed E-state index contributed by atoms with van der Waals surface area (Å²) in [5.74, 6) is 1.40. The van der Waals surface area contributed by atoms with Crippen LogP contribution in [0.4, 0.5) is 0 Å². The summed E-state index contributed by atoms with van der Waals surface area (Å²) in [5.41, 5.74) is 1.73. The van der Waals surface area contributed by atoms with Gasteiger partial charge in [-0.25, -0.2) is 0 Å². The fraction of sp³-hybridized carbons (Fsp3) is 0.733.